The highest BCUT2D eigenvalue weighted by Gasteiger charge is 2.24. The summed E-state index contributed by atoms with van der Waals surface area (Å²) in [5.74, 6) is 1.73. The second-order valence-corrected chi connectivity index (χ2v) is 4.87. The van der Waals surface area contributed by atoms with Crippen LogP contribution in [-0.4, -0.2) is 41.0 Å². The number of likely N-dealkylation sites (N-methyl/N-ethyl adjacent to an activating group) is 1. The molecule has 1 saturated heterocycles. The third-order valence-corrected chi connectivity index (χ3v) is 3.48. The van der Waals surface area contributed by atoms with E-state index in [1.165, 1.54) is 0 Å². The van der Waals surface area contributed by atoms with Crippen molar-refractivity contribution in [2.45, 2.75) is 19.9 Å². The second kappa shape index (κ2) is 4.06. The smallest absolute Gasteiger partial charge is 0.144 e. The lowest BCUT2D eigenvalue weighted by Crippen LogP contribution is -2.52. The molecule has 5 heteroatoms. The molecule has 1 aromatic heterocycles. The maximum Gasteiger partial charge on any atom is 0.144 e. The predicted octanol–water partition coefficient (Wildman–Crippen LogP) is 1.58. The van der Waals surface area contributed by atoms with Gasteiger partial charge in [0.2, 0.25) is 0 Å². The summed E-state index contributed by atoms with van der Waals surface area (Å²) in [6.45, 7) is 6.05. The molecule has 0 radical (unpaired) electrons. The molecule has 1 aromatic rings. The van der Waals surface area contributed by atoms with Crippen LogP contribution in [0.3, 0.4) is 0 Å². The van der Waals surface area contributed by atoms with Gasteiger partial charge in [0.15, 0.2) is 0 Å². The van der Waals surface area contributed by atoms with Crippen LogP contribution in [0.15, 0.2) is 4.47 Å². The van der Waals surface area contributed by atoms with E-state index >= 15 is 0 Å². The van der Waals surface area contributed by atoms with Crippen LogP contribution in [0.5, 0.6) is 0 Å². The van der Waals surface area contributed by atoms with Crippen molar-refractivity contribution in [2.75, 3.05) is 25.5 Å². The summed E-state index contributed by atoms with van der Waals surface area (Å²) in [5.41, 5.74) is 0.984. The Kier molecular flexibility index (Phi) is 2.93. The molecule has 4 nitrogen and oxygen atoms in total. The van der Waals surface area contributed by atoms with E-state index in [1.54, 1.807) is 0 Å². The maximum absolute atomic E-state index is 4.39. The van der Waals surface area contributed by atoms with Crippen LogP contribution < -0.4 is 5.32 Å². The van der Waals surface area contributed by atoms with E-state index in [0.29, 0.717) is 6.04 Å². The standard InChI is InChI=1S/C10H15BrN4/c1-6-9(11)10(13-7(2)12-6)14-8-4-15(3)5-8/h8H,4-5H2,1-3H3,(H,12,13,14). The number of hydrogen-bond donors (Lipinski definition) is 1. The minimum atomic E-state index is 0.514. The minimum Gasteiger partial charge on any atom is -0.364 e. The van der Waals surface area contributed by atoms with Crippen molar-refractivity contribution in [3.63, 3.8) is 0 Å². The normalized spacial score (nSPS) is 17.6. The van der Waals surface area contributed by atoms with Crippen LogP contribution in [0.2, 0.25) is 0 Å². The molecule has 0 bridgehead atoms. The van der Waals surface area contributed by atoms with Gasteiger partial charge in [0, 0.05) is 13.1 Å². The Morgan fingerprint density at radius 1 is 1.33 bits per heavy atom. The van der Waals surface area contributed by atoms with E-state index in [4.69, 9.17) is 0 Å². The van der Waals surface area contributed by atoms with Gasteiger partial charge in [-0.15, -0.1) is 0 Å². The number of anilines is 1. The average molecular weight is 271 g/mol. The van der Waals surface area contributed by atoms with Crippen LogP contribution in [0.1, 0.15) is 11.5 Å². The van der Waals surface area contributed by atoms with Crippen LogP contribution in [0, 0.1) is 13.8 Å². The number of aromatic nitrogens is 2. The van der Waals surface area contributed by atoms with Gasteiger partial charge in [0.1, 0.15) is 11.6 Å². The average Bonchev–Trinajstić information content (AvgIpc) is 2.10. The summed E-state index contributed by atoms with van der Waals surface area (Å²) >= 11 is 3.51. The number of halogens is 1. The van der Waals surface area contributed by atoms with Gasteiger partial charge in [0.05, 0.1) is 16.2 Å². The molecule has 15 heavy (non-hydrogen) atoms. The van der Waals surface area contributed by atoms with Gasteiger partial charge in [-0.2, -0.15) is 0 Å². The molecule has 0 atom stereocenters. The highest BCUT2D eigenvalue weighted by molar-refractivity contribution is 9.10. The van der Waals surface area contributed by atoms with Gasteiger partial charge in [-0.1, -0.05) is 0 Å². The molecule has 0 spiro atoms. The van der Waals surface area contributed by atoms with E-state index in [0.717, 1.165) is 34.9 Å². The lowest BCUT2D eigenvalue weighted by molar-refractivity contribution is 0.205. The first-order chi connectivity index (χ1) is 7.06. The molecule has 1 aliphatic rings. The van der Waals surface area contributed by atoms with Crippen molar-refractivity contribution in [3.8, 4) is 0 Å². The first-order valence-corrected chi connectivity index (χ1v) is 5.81. The van der Waals surface area contributed by atoms with E-state index < -0.39 is 0 Å². The fraction of sp³-hybridized carbons (Fsp3) is 0.600. The van der Waals surface area contributed by atoms with Crippen molar-refractivity contribution >= 4 is 21.7 Å². The third kappa shape index (κ3) is 2.29. The van der Waals surface area contributed by atoms with Crippen LogP contribution in [-0.2, 0) is 0 Å². The third-order valence-electron chi connectivity index (χ3n) is 2.53. The summed E-state index contributed by atoms with van der Waals surface area (Å²) in [5, 5.41) is 3.42. The zero-order chi connectivity index (χ0) is 11.0. The molecule has 1 fully saturated rings. The van der Waals surface area contributed by atoms with Crippen LogP contribution >= 0.6 is 15.9 Å². The highest BCUT2D eigenvalue weighted by atomic mass is 79.9. The number of rotatable bonds is 2. The second-order valence-electron chi connectivity index (χ2n) is 4.08. The monoisotopic (exact) mass is 270 g/mol. The quantitative estimate of drug-likeness (QED) is 0.886. The SMILES string of the molecule is Cc1nc(C)c(Br)c(NC2CN(C)C2)n1. The summed E-state index contributed by atoms with van der Waals surface area (Å²) in [4.78, 5) is 11.0. The van der Waals surface area contributed by atoms with Gasteiger partial charge < -0.3 is 10.2 Å². The van der Waals surface area contributed by atoms with Crippen molar-refractivity contribution in [1.29, 1.82) is 0 Å². The van der Waals surface area contributed by atoms with Gasteiger partial charge >= 0.3 is 0 Å². The fourth-order valence-electron chi connectivity index (χ4n) is 1.78. The lowest BCUT2D eigenvalue weighted by Gasteiger charge is -2.37. The molecule has 0 aromatic carbocycles. The van der Waals surface area contributed by atoms with Gasteiger partial charge in [-0.3, -0.25) is 0 Å². The van der Waals surface area contributed by atoms with Crippen molar-refractivity contribution in [2.24, 2.45) is 0 Å². The van der Waals surface area contributed by atoms with Crippen molar-refractivity contribution < 1.29 is 0 Å². The summed E-state index contributed by atoms with van der Waals surface area (Å²) in [6.07, 6.45) is 0. The van der Waals surface area contributed by atoms with E-state index in [9.17, 15) is 0 Å². The number of aryl methyl sites for hydroxylation is 2. The van der Waals surface area contributed by atoms with E-state index in [1.807, 2.05) is 13.8 Å². The number of nitrogens with one attached hydrogen (secondary N) is 1. The van der Waals surface area contributed by atoms with Gasteiger partial charge in [-0.25, -0.2) is 9.97 Å². The molecular formula is C10H15BrN4. The zero-order valence-corrected chi connectivity index (χ0v) is 10.8. The van der Waals surface area contributed by atoms with Gasteiger partial charge in [-0.05, 0) is 36.8 Å². The largest absolute Gasteiger partial charge is 0.364 e. The lowest BCUT2D eigenvalue weighted by atomic mass is 10.1. The topological polar surface area (TPSA) is 41.1 Å². The predicted molar refractivity (Wildman–Crippen MR) is 64.1 cm³/mol. The van der Waals surface area contributed by atoms with Crippen LogP contribution in [0.25, 0.3) is 0 Å². The molecule has 0 unspecified atom stereocenters. The first-order valence-electron chi connectivity index (χ1n) is 5.02. The molecule has 2 heterocycles. The molecule has 0 amide bonds. The Labute approximate surface area is 98.2 Å². The Morgan fingerprint density at radius 2 is 2.00 bits per heavy atom. The van der Waals surface area contributed by atoms with E-state index in [2.05, 4.69) is 43.2 Å². The summed E-state index contributed by atoms with van der Waals surface area (Å²) in [7, 11) is 2.11. The Bertz CT molecular complexity index is 374. The zero-order valence-electron chi connectivity index (χ0n) is 9.21. The molecular weight excluding hydrogens is 256 g/mol. The first kappa shape index (κ1) is 10.8. The molecule has 0 saturated carbocycles. The fourth-order valence-corrected chi connectivity index (χ4v) is 2.07. The summed E-state index contributed by atoms with van der Waals surface area (Å²) < 4.78 is 0.975. The number of likely N-dealkylation sites (tertiary alicyclic amines) is 1. The molecule has 2 rings (SSSR count). The number of hydrogen-bond acceptors (Lipinski definition) is 4. The molecule has 0 aliphatic carbocycles. The Balaban J connectivity index is 2.13. The molecule has 1 N–H and O–H groups in total. The maximum atomic E-state index is 4.39. The van der Waals surface area contributed by atoms with Crippen molar-refractivity contribution in [1.82, 2.24) is 14.9 Å². The highest BCUT2D eigenvalue weighted by Crippen LogP contribution is 2.24. The number of nitrogens with zero attached hydrogens (tertiary/aromatic N) is 3. The Hall–Kier alpha value is -0.680. The van der Waals surface area contributed by atoms with E-state index in [-0.39, 0.29) is 0 Å². The molecule has 82 valence electrons. The van der Waals surface area contributed by atoms with Crippen molar-refractivity contribution in [3.05, 3.63) is 16.0 Å². The Morgan fingerprint density at radius 3 is 2.60 bits per heavy atom. The van der Waals surface area contributed by atoms with Crippen LogP contribution in [0.4, 0.5) is 5.82 Å². The minimum absolute atomic E-state index is 0.514. The summed E-state index contributed by atoms with van der Waals surface area (Å²) in [6, 6.07) is 0.514. The van der Waals surface area contributed by atoms with Gasteiger partial charge in [0.25, 0.3) is 0 Å². The molecule has 1 aliphatic heterocycles.